The van der Waals surface area contributed by atoms with Crippen LogP contribution in [0.25, 0.3) is 0 Å². The lowest BCUT2D eigenvalue weighted by Crippen LogP contribution is -2.20. The van der Waals surface area contributed by atoms with E-state index in [0.29, 0.717) is 12.8 Å². The summed E-state index contributed by atoms with van der Waals surface area (Å²) < 4.78 is 7.29. The number of rotatable bonds is 4. The predicted molar refractivity (Wildman–Crippen MR) is 55.5 cm³/mol. The fraction of sp³-hybridized carbons (Fsp3) is 0.636. The minimum atomic E-state index is -0.148. The normalized spacial score (nSPS) is 20.7. The Labute approximate surface area is 89.3 Å². The molecule has 0 radical (unpaired) electrons. The number of aromatic nitrogens is 2. The summed E-state index contributed by atoms with van der Waals surface area (Å²) >= 11 is 0. The monoisotopic (exact) mass is 208 g/mol. The second-order valence-electron chi connectivity index (χ2n) is 3.92. The van der Waals surface area contributed by atoms with Gasteiger partial charge in [-0.1, -0.05) is 0 Å². The zero-order chi connectivity index (χ0) is 10.7. The zero-order valence-electron chi connectivity index (χ0n) is 8.98. The van der Waals surface area contributed by atoms with Crippen molar-refractivity contribution in [2.75, 3.05) is 6.61 Å². The van der Waals surface area contributed by atoms with Crippen molar-refractivity contribution >= 4 is 5.78 Å². The Morgan fingerprint density at radius 1 is 1.73 bits per heavy atom. The molecule has 0 bridgehead atoms. The third-order valence-electron chi connectivity index (χ3n) is 2.80. The van der Waals surface area contributed by atoms with Gasteiger partial charge in [0.05, 0.1) is 0 Å². The molecule has 1 aromatic rings. The van der Waals surface area contributed by atoms with Gasteiger partial charge in [0.1, 0.15) is 11.9 Å². The molecule has 2 heterocycles. The maximum Gasteiger partial charge on any atom is 0.161 e. The summed E-state index contributed by atoms with van der Waals surface area (Å²) in [6, 6.07) is 0. The number of nitrogens with zero attached hydrogens (tertiary/aromatic N) is 2. The topological polar surface area (TPSA) is 44.1 Å². The maximum atomic E-state index is 11.7. The number of aryl methyl sites for hydroxylation is 2. The van der Waals surface area contributed by atoms with Gasteiger partial charge < -0.3 is 9.30 Å². The standard InChI is InChI=1S/C11H16N2O2/c1-13-7-6-12-11(13)5-4-9(14)10-3-2-8-15-10/h6-7,10H,2-5,8H2,1H3. The van der Waals surface area contributed by atoms with E-state index in [1.54, 1.807) is 6.20 Å². The average Bonchev–Trinajstić information content (AvgIpc) is 2.85. The zero-order valence-corrected chi connectivity index (χ0v) is 8.98. The van der Waals surface area contributed by atoms with Crippen LogP contribution in [0.2, 0.25) is 0 Å². The summed E-state index contributed by atoms with van der Waals surface area (Å²) in [5.74, 6) is 1.18. The Morgan fingerprint density at radius 2 is 2.60 bits per heavy atom. The summed E-state index contributed by atoms with van der Waals surface area (Å²) in [6.45, 7) is 0.735. The first kappa shape index (κ1) is 10.4. The van der Waals surface area contributed by atoms with E-state index >= 15 is 0 Å². The molecule has 4 heteroatoms. The molecule has 15 heavy (non-hydrogen) atoms. The van der Waals surface area contributed by atoms with Crippen molar-refractivity contribution in [2.45, 2.75) is 31.8 Å². The molecule has 0 spiro atoms. The average molecular weight is 208 g/mol. The Morgan fingerprint density at radius 3 is 3.20 bits per heavy atom. The molecule has 1 aromatic heterocycles. The van der Waals surface area contributed by atoms with Crippen LogP contribution in [-0.4, -0.2) is 28.0 Å². The number of imidazole rings is 1. The van der Waals surface area contributed by atoms with E-state index in [0.717, 1.165) is 25.3 Å². The van der Waals surface area contributed by atoms with Gasteiger partial charge in [-0.2, -0.15) is 0 Å². The second kappa shape index (κ2) is 4.57. The minimum absolute atomic E-state index is 0.148. The first-order valence-electron chi connectivity index (χ1n) is 5.38. The number of Topliss-reactive ketones (excluding diaryl/α,β-unsaturated/α-hetero) is 1. The highest BCUT2D eigenvalue weighted by atomic mass is 16.5. The summed E-state index contributed by atoms with van der Waals surface area (Å²) in [5.41, 5.74) is 0. The highest BCUT2D eigenvalue weighted by molar-refractivity contribution is 5.83. The number of ketones is 1. The summed E-state index contributed by atoms with van der Waals surface area (Å²) in [6.07, 6.45) is 6.65. The third-order valence-corrected chi connectivity index (χ3v) is 2.80. The van der Waals surface area contributed by atoms with Crippen LogP contribution < -0.4 is 0 Å². The van der Waals surface area contributed by atoms with Gasteiger partial charge in [-0.3, -0.25) is 4.79 Å². The molecule has 0 aliphatic carbocycles. The number of ether oxygens (including phenoxy) is 1. The van der Waals surface area contributed by atoms with E-state index in [1.165, 1.54) is 0 Å². The number of carbonyl (C=O) groups excluding carboxylic acids is 1. The summed E-state index contributed by atoms with van der Waals surface area (Å²) in [7, 11) is 1.94. The molecule has 4 nitrogen and oxygen atoms in total. The molecule has 1 aliphatic heterocycles. The summed E-state index contributed by atoms with van der Waals surface area (Å²) in [4.78, 5) is 15.9. The third kappa shape index (κ3) is 2.45. The van der Waals surface area contributed by atoms with E-state index < -0.39 is 0 Å². The molecule has 82 valence electrons. The number of carbonyl (C=O) groups is 1. The van der Waals surface area contributed by atoms with E-state index in [2.05, 4.69) is 4.98 Å². The van der Waals surface area contributed by atoms with Gasteiger partial charge in [0.2, 0.25) is 0 Å². The van der Waals surface area contributed by atoms with E-state index in [9.17, 15) is 4.79 Å². The molecular formula is C11H16N2O2. The van der Waals surface area contributed by atoms with Gasteiger partial charge >= 0.3 is 0 Å². The Balaban J connectivity index is 1.83. The first-order chi connectivity index (χ1) is 7.27. The largest absolute Gasteiger partial charge is 0.370 e. The summed E-state index contributed by atoms with van der Waals surface area (Å²) in [5, 5.41) is 0. The molecule has 0 saturated carbocycles. The highest BCUT2D eigenvalue weighted by Crippen LogP contribution is 2.15. The van der Waals surface area contributed by atoms with Gasteiger partial charge in [-0.05, 0) is 12.8 Å². The fourth-order valence-corrected chi connectivity index (χ4v) is 1.86. The van der Waals surface area contributed by atoms with Crippen LogP contribution in [0.15, 0.2) is 12.4 Å². The lowest BCUT2D eigenvalue weighted by atomic mass is 10.1. The van der Waals surface area contributed by atoms with Gasteiger partial charge in [0.15, 0.2) is 5.78 Å². The van der Waals surface area contributed by atoms with Crippen LogP contribution in [-0.2, 0) is 23.0 Å². The molecule has 1 aliphatic rings. The van der Waals surface area contributed by atoms with E-state index in [1.807, 2.05) is 17.8 Å². The lowest BCUT2D eigenvalue weighted by molar-refractivity contribution is -0.127. The van der Waals surface area contributed by atoms with Crippen molar-refractivity contribution in [1.29, 1.82) is 0 Å². The van der Waals surface area contributed by atoms with E-state index in [4.69, 9.17) is 4.74 Å². The maximum absolute atomic E-state index is 11.7. The molecule has 1 fully saturated rings. The van der Waals surface area contributed by atoms with Crippen molar-refractivity contribution in [3.05, 3.63) is 18.2 Å². The van der Waals surface area contributed by atoms with Gasteiger partial charge in [0.25, 0.3) is 0 Å². The highest BCUT2D eigenvalue weighted by Gasteiger charge is 2.23. The van der Waals surface area contributed by atoms with Crippen LogP contribution in [0, 0.1) is 0 Å². The predicted octanol–water partition coefficient (Wildman–Crippen LogP) is 1.10. The van der Waals surface area contributed by atoms with Crippen LogP contribution in [0.5, 0.6) is 0 Å². The van der Waals surface area contributed by atoms with Crippen molar-refractivity contribution in [2.24, 2.45) is 7.05 Å². The smallest absolute Gasteiger partial charge is 0.161 e. The van der Waals surface area contributed by atoms with Gasteiger partial charge in [0, 0.05) is 38.9 Å². The van der Waals surface area contributed by atoms with Crippen LogP contribution >= 0.6 is 0 Å². The van der Waals surface area contributed by atoms with E-state index in [-0.39, 0.29) is 11.9 Å². The van der Waals surface area contributed by atoms with Crippen molar-refractivity contribution in [3.63, 3.8) is 0 Å². The second-order valence-corrected chi connectivity index (χ2v) is 3.92. The number of hydrogen-bond donors (Lipinski definition) is 0. The quantitative estimate of drug-likeness (QED) is 0.744. The van der Waals surface area contributed by atoms with Crippen LogP contribution in [0.3, 0.4) is 0 Å². The molecule has 1 saturated heterocycles. The van der Waals surface area contributed by atoms with Crippen LogP contribution in [0.4, 0.5) is 0 Å². The number of hydrogen-bond acceptors (Lipinski definition) is 3. The molecule has 0 N–H and O–H groups in total. The Kier molecular flexibility index (Phi) is 3.16. The Bertz CT molecular complexity index is 340. The van der Waals surface area contributed by atoms with Crippen LogP contribution in [0.1, 0.15) is 25.1 Å². The minimum Gasteiger partial charge on any atom is -0.370 e. The molecule has 2 rings (SSSR count). The first-order valence-corrected chi connectivity index (χ1v) is 5.38. The van der Waals surface area contributed by atoms with Crippen molar-refractivity contribution < 1.29 is 9.53 Å². The molecule has 0 aromatic carbocycles. The van der Waals surface area contributed by atoms with Gasteiger partial charge in [-0.15, -0.1) is 0 Å². The Hall–Kier alpha value is -1.16. The van der Waals surface area contributed by atoms with Gasteiger partial charge in [-0.25, -0.2) is 4.98 Å². The lowest BCUT2D eigenvalue weighted by Gasteiger charge is -2.07. The van der Waals surface area contributed by atoms with Crippen molar-refractivity contribution in [1.82, 2.24) is 9.55 Å². The molecular weight excluding hydrogens is 192 g/mol. The fourth-order valence-electron chi connectivity index (χ4n) is 1.86. The SMILES string of the molecule is Cn1ccnc1CCC(=O)C1CCCO1. The molecule has 1 atom stereocenters. The molecule has 1 unspecified atom stereocenters. The molecule has 0 amide bonds. The van der Waals surface area contributed by atoms with Crippen molar-refractivity contribution in [3.8, 4) is 0 Å².